The van der Waals surface area contributed by atoms with Crippen LogP contribution in [0.25, 0.3) is 0 Å². The molecule has 0 bridgehead atoms. The Morgan fingerprint density at radius 2 is 1.71 bits per heavy atom. The second-order valence-corrected chi connectivity index (χ2v) is 8.37. The summed E-state index contributed by atoms with van der Waals surface area (Å²) in [6.07, 6.45) is 2.29. The number of nitrogens with zero attached hydrogens (tertiary/aromatic N) is 1. The average molecular weight is 476 g/mol. The maximum Gasteiger partial charge on any atom is 0.309 e. The highest BCUT2D eigenvalue weighted by atomic mass is 19.1. The SMILES string of the molecule is CCC(CC)C(c1ccc(F)cc1OC)[C@H](C)OC(=O)[C@H](C)CC(=O)c1nccc(OC)c1O. The maximum absolute atomic E-state index is 13.8. The van der Waals surface area contributed by atoms with Gasteiger partial charge in [-0.2, -0.15) is 0 Å². The summed E-state index contributed by atoms with van der Waals surface area (Å²) in [7, 11) is 2.85. The molecule has 1 aromatic heterocycles. The molecular weight excluding hydrogens is 441 g/mol. The second-order valence-electron chi connectivity index (χ2n) is 8.37. The Hall–Kier alpha value is -3.16. The third kappa shape index (κ3) is 6.24. The van der Waals surface area contributed by atoms with Gasteiger partial charge in [-0.3, -0.25) is 9.59 Å². The number of ether oxygens (including phenoxy) is 3. The van der Waals surface area contributed by atoms with Gasteiger partial charge >= 0.3 is 5.97 Å². The van der Waals surface area contributed by atoms with Crippen LogP contribution in [-0.4, -0.2) is 42.2 Å². The Labute approximate surface area is 200 Å². The first-order valence-corrected chi connectivity index (χ1v) is 11.5. The Morgan fingerprint density at radius 1 is 1.06 bits per heavy atom. The van der Waals surface area contributed by atoms with E-state index in [1.54, 1.807) is 19.9 Å². The predicted octanol–water partition coefficient (Wildman–Crippen LogP) is 5.30. The third-order valence-corrected chi connectivity index (χ3v) is 6.18. The molecule has 3 atom stereocenters. The van der Waals surface area contributed by atoms with Gasteiger partial charge in [-0.15, -0.1) is 0 Å². The van der Waals surface area contributed by atoms with Crippen molar-refractivity contribution in [3.8, 4) is 17.2 Å². The number of rotatable bonds is 12. The molecule has 2 aromatic rings. The molecule has 1 unspecified atom stereocenters. The molecule has 0 amide bonds. The summed E-state index contributed by atoms with van der Waals surface area (Å²) in [5, 5.41) is 10.2. The summed E-state index contributed by atoms with van der Waals surface area (Å²) in [5.74, 6) is -2.09. The van der Waals surface area contributed by atoms with Crippen molar-refractivity contribution < 1.29 is 33.3 Å². The van der Waals surface area contributed by atoms with Crippen LogP contribution in [0.15, 0.2) is 30.5 Å². The standard InChI is InChI=1S/C26H34FNO6/c1-7-17(8-2)23(19-10-9-18(27)14-22(19)33-6)16(4)34-26(31)15(3)13-20(29)24-25(30)21(32-5)11-12-28-24/h9-12,14-17,23,30H,7-8,13H2,1-6H3/t15-,16+,23?/m1/s1. The molecule has 34 heavy (non-hydrogen) atoms. The van der Waals surface area contributed by atoms with Gasteiger partial charge in [0, 0.05) is 36.2 Å². The van der Waals surface area contributed by atoms with E-state index in [1.165, 1.54) is 38.6 Å². The topological polar surface area (TPSA) is 95.0 Å². The van der Waals surface area contributed by atoms with Crippen LogP contribution in [0.5, 0.6) is 17.2 Å². The fourth-order valence-electron chi connectivity index (χ4n) is 4.28. The quantitative estimate of drug-likeness (QED) is 0.329. The minimum Gasteiger partial charge on any atom is -0.503 e. The summed E-state index contributed by atoms with van der Waals surface area (Å²) in [6.45, 7) is 7.50. The van der Waals surface area contributed by atoms with Crippen molar-refractivity contribution in [1.29, 1.82) is 0 Å². The highest BCUT2D eigenvalue weighted by Crippen LogP contribution is 2.39. The smallest absolute Gasteiger partial charge is 0.309 e. The fraction of sp³-hybridized carbons (Fsp3) is 0.500. The lowest BCUT2D eigenvalue weighted by atomic mass is 9.79. The molecule has 0 aliphatic carbocycles. The molecule has 1 aromatic carbocycles. The van der Waals surface area contributed by atoms with Crippen LogP contribution in [0.2, 0.25) is 0 Å². The van der Waals surface area contributed by atoms with E-state index in [1.807, 2.05) is 0 Å². The number of hydrogen-bond acceptors (Lipinski definition) is 7. The fourth-order valence-corrected chi connectivity index (χ4v) is 4.28. The summed E-state index contributed by atoms with van der Waals surface area (Å²) in [5.41, 5.74) is 0.616. The van der Waals surface area contributed by atoms with Crippen LogP contribution < -0.4 is 9.47 Å². The van der Waals surface area contributed by atoms with Crippen molar-refractivity contribution in [1.82, 2.24) is 4.98 Å². The van der Waals surface area contributed by atoms with E-state index >= 15 is 0 Å². The molecule has 0 spiro atoms. The molecule has 7 nitrogen and oxygen atoms in total. The summed E-state index contributed by atoms with van der Waals surface area (Å²) >= 11 is 0. The number of methoxy groups -OCH3 is 2. The molecule has 0 radical (unpaired) electrons. The van der Waals surface area contributed by atoms with Crippen LogP contribution in [0.3, 0.4) is 0 Å². The van der Waals surface area contributed by atoms with E-state index in [2.05, 4.69) is 18.8 Å². The van der Waals surface area contributed by atoms with E-state index in [0.717, 1.165) is 18.4 Å². The molecule has 0 aliphatic heterocycles. The van der Waals surface area contributed by atoms with Crippen LogP contribution in [-0.2, 0) is 9.53 Å². The minimum atomic E-state index is -0.764. The van der Waals surface area contributed by atoms with Gasteiger partial charge in [0.1, 0.15) is 17.7 Å². The molecule has 2 rings (SSSR count). The van der Waals surface area contributed by atoms with Crippen LogP contribution >= 0.6 is 0 Å². The Bertz CT molecular complexity index is 991. The highest BCUT2D eigenvalue weighted by Gasteiger charge is 2.33. The zero-order valence-electron chi connectivity index (χ0n) is 20.6. The van der Waals surface area contributed by atoms with Gasteiger partial charge in [-0.1, -0.05) is 39.7 Å². The lowest BCUT2D eigenvalue weighted by Crippen LogP contribution is -2.31. The number of aromatic nitrogens is 1. The van der Waals surface area contributed by atoms with Crippen LogP contribution in [0.1, 0.15) is 68.9 Å². The minimum absolute atomic E-state index is 0.128. The third-order valence-electron chi connectivity index (χ3n) is 6.18. The van der Waals surface area contributed by atoms with Gasteiger partial charge < -0.3 is 19.3 Å². The number of pyridine rings is 1. The molecule has 1 N–H and O–H groups in total. The molecule has 0 saturated heterocycles. The molecule has 186 valence electrons. The van der Waals surface area contributed by atoms with Gasteiger partial charge in [0.2, 0.25) is 0 Å². The van der Waals surface area contributed by atoms with E-state index in [0.29, 0.717) is 5.75 Å². The number of halogens is 1. The van der Waals surface area contributed by atoms with Crippen molar-refractivity contribution in [3.05, 3.63) is 47.5 Å². The number of Topliss-reactive ketones (excluding diaryl/α,β-unsaturated/α-hetero) is 1. The normalized spacial score (nSPS) is 13.8. The zero-order valence-corrected chi connectivity index (χ0v) is 20.6. The number of aromatic hydroxyl groups is 1. The molecule has 0 aliphatic rings. The summed E-state index contributed by atoms with van der Waals surface area (Å²) in [4.78, 5) is 29.5. The van der Waals surface area contributed by atoms with Crippen LogP contribution in [0.4, 0.5) is 4.39 Å². The first-order chi connectivity index (χ1) is 16.2. The predicted molar refractivity (Wildman–Crippen MR) is 126 cm³/mol. The number of carbonyl (C=O) groups excluding carboxylic acids is 2. The maximum atomic E-state index is 13.8. The second kappa shape index (κ2) is 12.3. The van der Waals surface area contributed by atoms with Gasteiger partial charge in [0.15, 0.2) is 23.0 Å². The first kappa shape index (κ1) is 27.1. The van der Waals surface area contributed by atoms with Gasteiger partial charge in [-0.05, 0) is 18.9 Å². The van der Waals surface area contributed by atoms with Crippen LogP contribution in [0, 0.1) is 17.7 Å². The first-order valence-electron chi connectivity index (χ1n) is 11.5. The van der Waals surface area contributed by atoms with E-state index < -0.39 is 29.6 Å². The number of carbonyl (C=O) groups is 2. The summed E-state index contributed by atoms with van der Waals surface area (Å²) in [6, 6.07) is 5.81. The zero-order chi connectivity index (χ0) is 25.4. The van der Waals surface area contributed by atoms with Gasteiger partial charge in [-0.25, -0.2) is 9.37 Å². The number of esters is 1. The van der Waals surface area contributed by atoms with Gasteiger partial charge in [0.25, 0.3) is 0 Å². The molecular formula is C26H34FNO6. The van der Waals surface area contributed by atoms with Gasteiger partial charge in [0.05, 0.1) is 20.1 Å². The molecule has 0 saturated carbocycles. The number of benzene rings is 1. The average Bonchev–Trinajstić information content (AvgIpc) is 2.82. The van der Waals surface area contributed by atoms with E-state index in [9.17, 15) is 19.1 Å². The lowest BCUT2D eigenvalue weighted by Gasteiger charge is -2.32. The van der Waals surface area contributed by atoms with E-state index in [-0.39, 0.29) is 35.4 Å². The number of ketones is 1. The summed E-state index contributed by atoms with van der Waals surface area (Å²) < 4.78 is 30.0. The lowest BCUT2D eigenvalue weighted by molar-refractivity contribution is -0.154. The van der Waals surface area contributed by atoms with Crippen molar-refractivity contribution in [2.24, 2.45) is 11.8 Å². The number of hydrogen-bond donors (Lipinski definition) is 1. The molecule has 1 heterocycles. The Morgan fingerprint density at radius 3 is 2.29 bits per heavy atom. The molecule has 0 fully saturated rings. The van der Waals surface area contributed by atoms with Crippen molar-refractivity contribution in [3.63, 3.8) is 0 Å². The molecule has 8 heteroatoms. The van der Waals surface area contributed by atoms with Crippen molar-refractivity contribution in [2.75, 3.05) is 14.2 Å². The van der Waals surface area contributed by atoms with E-state index in [4.69, 9.17) is 14.2 Å². The Kier molecular flexibility index (Phi) is 9.83. The largest absolute Gasteiger partial charge is 0.503 e. The monoisotopic (exact) mass is 475 g/mol. The van der Waals surface area contributed by atoms with Crippen molar-refractivity contribution in [2.45, 2.75) is 59.0 Å². The highest BCUT2D eigenvalue weighted by molar-refractivity contribution is 5.99. The Balaban J connectivity index is 2.21. The van der Waals surface area contributed by atoms with Crippen molar-refractivity contribution >= 4 is 11.8 Å².